The summed E-state index contributed by atoms with van der Waals surface area (Å²) in [6.45, 7) is 6.46. The second-order valence-corrected chi connectivity index (χ2v) is 6.96. The standard InChI is InChI=1S/C16H18IN/c1-11-8-16(18-10-12(11)2)15-6-4-14(5-7-15)9-13(3)17/h4-8,10,13H,9H2,1-3H3. The molecule has 0 aliphatic heterocycles. The summed E-state index contributed by atoms with van der Waals surface area (Å²) in [7, 11) is 0. The SMILES string of the molecule is Cc1cnc(-c2ccc(CC(C)I)cc2)cc1C. The molecule has 0 spiro atoms. The van der Waals surface area contributed by atoms with Crippen LogP contribution in [0.2, 0.25) is 0 Å². The third kappa shape index (κ3) is 3.31. The van der Waals surface area contributed by atoms with Crippen LogP contribution in [0.3, 0.4) is 0 Å². The first kappa shape index (κ1) is 13.5. The van der Waals surface area contributed by atoms with Crippen LogP contribution in [0.1, 0.15) is 23.6 Å². The molecule has 2 heteroatoms. The molecule has 1 heterocycles. The Balaban J connectivity index is 2.25. The van der Waals surface area contributed by atoms with Crippen LogP contribution in [0.25, 0.3) is 11.3 Å². The van der Waals surface area contributed by atoms with Crippen molar-refractivity contribution in [2.45, 2.75) is 31.1 Å². The average molecular weight is 351 g/mol. The Morgan fingerprint density at radius 1 is 1.11 bits per heavy atom. The number of halogens is 1. The normalized spacial score (nSPS) is 12.4. The highest BCUT2D eigenvalue weighted by Crippen LogP contribution is 2.21. The van der Waals surface area contributed by atoms with Gasteiger partial charge in [0, 0.05) is 15.7 Å². The first-order chi connectivity index (χ1) is 8.56. The van der Waals surface area contributed by atoms with Gasteiger partial charge in [0.1, 0.15) is 0 Å². The van der Waals surface area contributed by atoms with Gasteiger partial charge in [-0.2, -0.15) is 0 Å². The molecule has 18 heavy (non-hydrogen) atoms. The van der Waals surface area contributed by atoms with E-state index < -0.39 is 0 Å². The highest BCUT2D eigenvalue weighted by molar-refractivity contribution is 14.1. The zero-order valence-corrected chi connectivity index (χ0v) is 13.2. The predicted molar refractivity (Wildman–Crippen MR) is 86.3 cm³/mol. The molecule has 0 saturated heterocycles. The quantitative estimate of drug-likeness (QED) is 0.575. The van der Waals surface area contributed by atoms with Crippen molar-refractivity contribution in [3.63, 3.8) is 0 Å². The molecule has 0 N–H and O–H groups in total. The third-order valence-electron chi connectivity index (χ3n) is 3.14. The fourth-order valence-electron chi connectivity index (χ4n) is 1.92. The molecule has 1 aromatic carbocycles. The van der Waals surface area contributed by atoms with E-state index in [4.69, 9.17) is 0 Å². The van der Waals surface area contributed by atoms with Gasteiger partial charge in [0.25, 0.3) is 0 Å². The van der Waals surface area contributed by atoms with Crippen LogP contribution in [0, 0.1) is 13.8 Å². The number of rotatable bonds is 3. The largest absolute Gasteiger partial charge is 0.256 e. The lowest BCUT2D eigenvalue weighted by atomic mass is 10.0. The molecule has 0 aliphatic carbocycles. The van der Waals surface area contributed by atoms with Crippen molar-refractivity contribution in [2.24, 2.45) is 0 Å². The fourth-order valence-corrected chi connectivity index (χ4v) is 2.43. The Morgan fingerprint density at radius 2 is 1.78 bits per heavy atom. The fraction of sp³-hybridized carbons (Fsp3) is 0.312. The molecular weight excluding hydrogens is 333 g/mol. The van der Waals surface area contributed by atoms with Crippen molar-refractivity contribution in [1.82, 2.24) is 4.98 Å². The van der Waals surface area contributed by atoms with E-state index in [9.17, 15) is 0 Å². The summed E-state index contributed by atoms with van der Waals surface area (Å²) in [6.07, 6.45) is 3.08. The number of benzene rings is 1. The van der Waals surface area contributed by atoms with Crippen LogP contribution in [0.5, 0.6) is 0 Å². The number of aromatic nitrogens is 1. The lowest BCUT2D eigenvalue weighted by Crippen LogP contribution is -1.96. The van der Waals surface area contributed by atoms with Gasteiger partial charge in [0.05, 0.1) is 5.69 Å². The number of nitrogens with zero attached hydrogens (tertiary/aromatic N) is 1. The van der Waals surface area contributed by atoms with E-state index in [0.29, 0.717) is 3.92 Å². The maximum Gasteiger partial charge on any atom is 0.0704 e. The minimum absolute atomic E-state index is 0.674. The molecule has 0 saturated carbocycles. The molecule has 0 amide bonds. The smallest absolute Gasteiger partial charge is 0.0704 e. The minimum atomic E-state index is 0.674. The van der Waals surface area contributed by atoms with Crippen LogP contribution in [-0.2, 0) is 6.42 Å². The zero-order valence-electron chi connectivity index (χ0n) is 11.1. The van der Waals surface area contributed by atoms with Crippen LogP contribution in [0.15, 0.2) is 36.5 Å². The maximum atomic E-state index is 4.50. The van der Waals surface area contributed by atoms with E-state index in [0.717, 1.165) is 12.1 Å². The van der Waals surface area contributed by atoms with Gasteiger partial charge in [-0.3, -0.25) is 4.98 Å². The summed E-state index contributed by atoms with van der Waals surface area (Å²) in [5.41, 5.74) is 6.19. The number of aryl methyl sites for hydroxylation is 2. The van der Waals surface area contributed by atoms with E-state index in [-0.39, 0.29) is 0 Å². The molecule has 94 valence electrons. The summed E-state index contributed by atoms with van der Waals surface area (Å²) in [5, 5.41) is 0. The molecule has 0 bridgehead atoms. The molecular formula is C16H18IN. The molecule has 1 aromatic heterocycles. The van der Waals surface area contributed by atoms with Gasteiger partial charge in [0.15, 0.2) is 0 Å². The zero-order chi connectivity index (χ0) is 13.1. The van der Waals surface area contributed by atoms with Crippen LogP contribution in [0.4, 0.5) is 0 Å². The number of hydrogen-bond donors (Lipinski definition) is 0. The van der Waals surface area contributed by atoms with Gasteiger partial charge >= 0.3 is 0 Å². The van der Waals surface area contributed by atoms with Crippen LogP contribution < -0.4 is 0 Å². The van der Waals surface area contributed by atoms with Gasteiger partial charge in [0.2, 0.25) is 0 Å². The van der Waals surface area contributed by atoms with Crippen molar-refractivity contribution < 1.29 is 0 Å². The van der Waals surface area contributed by atoms with Crippen molar-refractivity contribution in [1.29, 1.82) is 0 Å². The molecule has 1 nitrogen and oxygen atoms in total. The summed E-state index contributed by atoms with van der Waals surface area (Å²) < 4.78 is 0.674. The van der Waals surface area contributed by atoms with E-state index in [1.54, 1.807) is 0 Å². The van der Waals surface area contributed by atoms with Crippen LogP contribution in [-0.4, -0.2) is 8.91 Å². The summed E-state index contributed by atoms with van der Waals surface area (Å²) in [6, 6.07) is 10.9. The van der Waals surface area contributed by atoms with Crippen molar-refractivity contribution >= 4 is 22.6 Å². The number of alkyl halides is 1. The topological polar surface area (TPSA) is 12.9 Å². The van der Waals surface area contributed by atoms with Crippen molar-refractivity contribution in [3.8, 4) is 11.3 Å². The summed E-state index contributed by atoms with van der Waals surface area (Å²) >= 11 is 2.46. The Hall–Kier alpha value is -0.900. The van der Waals surface area contributed by atoms with Crippen molar-refractivity contribution in [3.05, 3.63) is 53.2 Å². The number of hydrogen-bond acceptors (Lipinski definition) is 1. The molecule has 2 rings (SSSR count). The monoisotopic (exact) mass is 351 g/mol. The van der Waals surface area contributed by atoms with Gasteiger partial charge in [-0.15, -0.1) is 0 Å². The second-order valence-electron chi connectivity index (χ2n) is 4.84. The molecule has 2 aromatic rings. The molecule has 1 atom stereocenters. The Morgan fingerprint density at radius 3 is 2.33 bits per heavy atom. The second kappa shape index (κ2) is 5.83. The molecule has 1 unspecified atom stereocenters. The third-order valence-corrected chi connectivity index (χ3v) is 3.58. The van der Waals surface area contributed by atoms with Gasteiger partial charge in [-0.05, 0) is 43.0 Å². The highest BCUT2D eigenvalue weighted by Gasteiger charge is 2.03. The summed E-state index contributed by atoms with van der Waals surface area (Å²) in [5.74, 6) is 0. The summed E-state index contributed by atoms with van der Waals surface area (Å²) in [4.78, 5) is 4.50. The Labute approximate surface area is 123 Å². The van der Waals surface area contributed by atoms with E-state index in [2.05, 4.69) is 78.7 Å². The highest BCUT2D eigenvalue weighted by atomic mass is 127. The van der Waals surface area contributed by atoms with E-state index in [1.807, 2.05) is 6.20 Å². The minimum Gasteiger partial charge on any atom is -0.256 e. The van der Waals surface area contributed by atoms with E-state index >= 15 is 0 Å². The van der Waals surface area contributed by atoms with E-state index in [1.165, 1.54) is 22.3 Å². The predicted octanol–water partition coefficient (Wildman–Crippen LogP) is 4.73. The average Bonchev–Trinajstić information content (AvgIpc) is 2.33. The lowest BCUT2D eigenvalue weighted by Gasteiger charge is -2.07. The molecule has 0 radical (unpaired) electrons. The van der Waals surface area contributed by atoms with Crippen molar-refractivity contribution in [2.75, 3.05) is 0 Å². The van der Waals surface area contributed by atoms with Gasteiger partial charge < -0.3 is 0 Å². The first-order valence-electron chi connectivity index (χ1n) is 6.23. The Bertz CT molecular complexity index is 529. The lowest BCUT2D eigenvalue weighted by molar-refractivity contribution is 0.977. The van der Waals surface area contributed by atoms with Gasteiger partial charge in [-0.1, -0.05) is 53.8 Å². The molecule has 0 fully saturated rings. The Kier molecular flexibility index (Phi) is 4.38. The first-order valence-corrected chi connectivity index (χ1v) is 7.47. The maximum absolute atomic E-state index is 4.50. The number of pyridine rings is 1. The molecule has 0 aliphatic rings. The van der Waals surface area contributed by atoms with Crippen LogP contribution >= 0.6 is 22.6 Å². The van der Waals surface area contributed by atoms with Gasteiger partial charge in [-0.25, -0.2) is 0 Å².